The van der Waals surface area contributed by atoms with Gasteiger partial charge in [0.1, 0.15) is 6.10 Å². The van der Waals surface area contributed by atoms with Crippen molar-refractivity contribution in [2.24, 2.45) is 0 Å². The average molecular weight is 493 g/mol. The van der Waals surface area contributed by atoms with E-state index in [1.807, 2.05) is 47.5 Å². The fourth-order valence-corrected chi connectivity index (χ4v) is 5.61. The molecule has 2 unspecified atom stereocenters. The van der Waals surface area contributed by atoms with E-state index < -0.39 is 0 Å². The van der Waals surface area contributed by atoms with Gasteiger partial charge in [-0.25, -0.2) is 0 Å². The number of piperazine rings is 1. The minimum atomic E-state index is -0.215. The van der Waals surface area contributed by atoms with Gasteiger partial charge in [0.25, 0.3) is 5.91 Å². The Morgan fingerprint density at radius 1 is 0.943 bits per heavy atom. The van der Waals surface area contributed by atoms with E-state index in [9.17, 15) is 4.79 Å². The number of rotatable bonds is 6. The van der Waals surface area contributed by atoms with Crippen LogP contribution >= 0.6 is 11.6 Å². The number of methoxy groups -OCH3 is 1. The van der Waals surface area contributed by atoms with E-state index in [0.717, 1.165) is 61.1 Å². The molecule has 2 aliphatic heterocycles. The molecule has 5 rings (SSSR count). The minimum Gasteiger partial charge on any atom is -0.373 e. The van der Waals surface area contributed by atoms with Crippen LogP contribution in [0.1, 0.15) is 35.5 Å². The number of carbonyl (C=O) groups excluding carboxylic acids is 1. The first-order chi connectivity index (χ1) is 17.1. The lowest BCUT2D eigenvalue weighted by Crippen LogP contribution is -2.55. The molecular formula is C28H33ClN4O2. The molecule has 7 heteroatoms. The normalized spacial score (nSPS) is 21.2. The lowest BCUT2D eigenvalue weighted by Gasteiger charge is -2.43. The molecule has 1 saturated heterocycles. The number of amides is 1. The fraction of sp³-hybridized carbons (Fsp3) is 0.393. The molecule has 3 aromatic rings. The molecule has 0 aliphatic carbocycles. The number of para-hydroxylation sites is 1. The summed E-state index contributed by atoms with van der Waals surface area (Å²) >= 11 is 6.09. The Hall–Kier alpha value is -2.80. The average Bonchev–Trinajstić information content (AvgIpc) is 3.29. The third kappa shape index (κ3) is 4.70. The van der Waals surface area contributed by atoms with Gasteiger partial charge in [0, 0.05) is 69.0 Å². The van der Waals surface area contributed by atoms with Gasteiger partial charge >= 0.3 is 0 Å². The first kappa shape index (κ1) is 23.9. The number of aromatic nitrogens is 1. The third-order valence-corrected chi connectivity index (χ3v) is 7.48. The van der Waals surface area contributed by atoms with Crippen LogP contribution in [0.25, 0.3) is 5.69 Å². The van der Waals surface area contributed by atoms with Crippen LogP contribution in [0.4, 0.5) is 5.69 Å². The first-order valence-corrected chi connectivity index (χ1v) is 12.8. The van der Waals surface area contributed by atoms with Gasteiger partial charge in [0.2, 0.25) is 0 Å². The summed E-state index contributed by atoms with van der Waals surface area (Å²) in [6, 6.07) is 20.3. The Kier molecular flexibility index (Phi) is 7.14. The number of anilines is 1. The molecule has 184 valence electrons. The zero-order chi connectivity index (χ0) is 24.4. The van der Waals surface area contributed by atoms with Crippen LogP contribution in [0, 0.1) is 0 Å². The second kappa shape index (κ2) is 10.4. The van der Waals surface area contributed by atoms with E-state index in [1.54, 1.807) is 7.11 Å². The Morgan fingerprint density at radius 3 is 2.31 bits per heavy atom. The first-order valence-electron chi connectivity index (χ1n) is 12.4. The SMILES string of the molecule is CCCN1CC(N2CCN(c3ccc(Cl)cc3)CC2)C(OC)c2c(ccn2-c2ccccc2)C1=O. The van der Waals surface area contributed by atoms with Crippen LogP contribution in [0.3, 0.4) is 0 Å². The summed E-state index contributed by atoms with van der Waals surface area (Å²) in [5, 5.41) is 0.756. The van der Waals surface area contributed by atoms with Crippen LogP contribution in [-0.4, -0.2) is 72.7 Å². The summed E-state index contributed by atoms with van der Waals surface area (Å²) in [6.45, 7) is 7.18. The molecule has 6 nitrogen and oxygen atoms in total. The highest BCUT2D eigenvalue weighted by Gasteiger charge is 2.41. The van der Waals surface area contributed by atoms with Crippen LogP contribution in [0.15, 0.2) is 66.9 Å². The predicted molar refractivity (Wildman–Crippen MR) is 141 cm³/mol. The van der Waals surface area contributed by atoms with Crippen molar-refractivity contribution in [3.05, 3.63) is 83.1 Å². The van der Waals surface area contributed by atoms with Crippen LogP contribution < -0.4 is 4.90 Å². The van der Waals surface area contributed by atoms with Crippen LogP contribution in [-0.2, 0) is 4.74 Å². The second-order valence-electron chi connectivity index (χ2n) is 9.29. The maximum atomic E-state index is 13.6. The summed E-state index contributed by atoms with van der Waals surface area (Å²) in [5.74, 6) is 0.0980. The Balaban J connectivity index is 1.46. The smallest absolute Gasteiger partial charge is 0.255 e. The van der Waals surface area contributed by atoms with Gasteiger partial charge in [-0.1, -0.05) is 36.7 Å². The quantitative estimate of drug-likeness (QED) is 0.492. The van der Waals surface area contributed by atoms with Crippen LogP contribution in [0.5, 0.6) is 0 Å². The van der Waals surface area contributed by atoms with Gasteiger partial charge in [-0.2, -0.15) is 0 Å². The van der Waals surface area contributed by atoms with E-state index in [1.165, 1.54) is 5.69 Å². The number of benzene rings is 2. The monoisotopic (exact) mass is 492 g/mol. The number of ether oxygens (including phenoxy) is 1. The maximum absolute atomic E-state index is 13.6. The van der Waals surface area contributed by atoms with Crippen molar-refractivity contribution in [1.29, 1.82) is 0 Å². The van der Waals surface area contributed by atoms with Gasteiger partial charge in [0.05, 0.1) is 17.3 Å². The van der Waals surface area contributed by atoms with Crippen molar-refractivity contribution >= 4 is 23.2 Å². The van der Waals surface area contributed by atoms with Gasteiger partial charge in [-0.3, -0.25) is 9.69 Å². The summed E-state index contributed by atoms with van der Waals surface area (Å²) in [6.07, 6.45) is 2.72. The molecule has 3 heterocycles. The number of hydrogen-bond acceptors (Lipinski definition) is 4. The number of fused-ring (bicyclic) bond motifs is 1. The highest BCUT2D eigenvalue weighted by atomic mass is 35.5. The number of halogens is 1. The molecule has 2 atom stereocenters. The van der Waals surface area contributed by atoms with Crippen molar-refractivity contribution in [2.75, 3.05) is 51.3 Å². The molecule has 1 amide bonds. The van der Waals surface area contributed by atoms with E-state index in [2.05, 4.69) is 45.6 Å². The molecule has 2 aliphatic rings. The Morgan fingerprint density at radius 2 is 1.66 bits per heavy atom. The van der Waals surface area contributed by atoms with Gasteiger partial charge in [0.15, 0.2) is 0 Å². The van der Waals surface area contributed by atoms with Gasteiger partial charge in [-0.15, -0.1) is 0 Å². The molecule has 0 saturated carbocycles. The minimum absolute atomic E-state index is 0.0708. The molecule has 1 fully saturated rings. The standard InChI is InChI=1S/C28H33ClN4O2/c1-3-14-32-20-25(31-18-16-30(17-19-31)22-11-9-21(29)10-12-22)27(35-2)26-24(28(32)34)13-15-33(26)23-7-5-4-6-8-23/h4-13,15,25,27H,3,14,16-20H2,1-2H3. The fourth-order valence-electron chi connectivity index (χ4n) is 5.49. The summed E-state index contributed by atoms with van der Waals surface area (Å²) in [5.41, 5.74) is 3.93. The summed E-state index contributed by atoms with van der Waals surface area (Å²) < 4.78 is 8.35. The lowest BCUT2D eigenvalue weighted by atomic mass is 10.0. The van der Waals surface area contributed by atoms with Crippen molar-refractivity contribution < 1.29 is 9.53 Å². The summed E-state index contributed by atoms with van der Waals surface area (Å²) in [4.78, 5) is 20.6. The topological polar surface area (TPSA) is 41.0 Å². The van der Waals surface area contributed by atoms with E-state index in [4.69, 9.17) is 16.3 Å². The van der Waals surface area contributed by atoms with E-state index >= 15 is 0 Å². The number of hydrogen-bond donors (Lipinski definition) is 0. The van der Waals surface area contributed by atoms with Crippen molar-refractivity contribution in [3.63, 3.8) is 0 Å². The predicted octanol–water partition coefficient (Wildman–Crippen LogP) is 4.87. The van der Waals surface area contributed by atoms with Gasteiger partial charge < -0.3 is 19.1 Å². The maximum Gasteiger partial charge on any atom is 0.255 e. The number of carbonyl (C=O) groups is 1. The molecule has 0 N–H and O–H groups in total. The van der Waals surface area contributed by atoms with Crippen molar-refractivity contribution in [1.82, 2.24) is 14.4 Å². The van der Waals surface area contributed by atoms with Crippen molar-refractivity contribution in [3.8, 4) is 5.69 Å². The highest BCUT2D eigenvalue weighted by molar-refractivity contribution is 6.30. The van der Waals surface area contributed by atoms with Gasteiger partial charge in [-0.05, 0) is 48.9 Å². The summed E-state index contributed by atoms with van der Waals surface area (Å²) in [7, 11) is 1.77. The third-order valence-electron chi connectivity index (χ3n) is 7.23. The molecule has 0 bridgehead atoms. The van der Waals surface area contributed by atoms with Crippen LogP contribution in [0.2, 0.25) is 5.02 Å². The molecule has 35 heavy (non-hydrogen) atoms. The second-order valence-corrected chi connectivity index (χ2v) is 9.73. The molecule has 1 aromatic heterocycles. The zero-order valence-corrected chi connectivity index (χ0v) is 21.2. The van der Waals surface area contributed by atoms with E-state index in [-0.39, 0.29) is 18.1 Å². The van der Waals surface area contributed by atoms with E-state index in [0.29, 0.717) is 6.54 Å². The molecular weight excluding hydrogens is 460 g/mol. The number of nitrogens with zero attached hydrogens (tertiary/aromatic N) is 4. The molecule has 0 spiro atoms. The zero-order valence-electron chi connectivity index (χ0n) is 20.4. The molecule has 0 radical (unpaired) electrons. The largest absolute Gasteiger partial charge is 0.373 e. The lowest BCUT2D eigenvalue weighted by molar-refractivity contribution is -0.00252. The molecule has 2 aromatic carbocycles. The Bertz CT molecular complexity index is 1140. The van der Waals surface area contributed by atoms with Crippen molar-refractivity contribution in [2.45, 2.75) is 25.5 Å². The highest BCUT2D eigenvalue weighted by Crippen LogP contribution is 2.35. The Labute approximate surface area is 212 Å².